The van der Waals surface area contributed by atoms with Crippen molar-refractivity contribution in [2.45, 2.75) is 59.2 Å². The molecule has 0 bridgehead atoms. The van der Waals surface area contributed by atoms with E-state index in [4.69, 9.17) is 18.4 Å². The summed E-state index contributed by atoms with van der Waals surface area (Å²) in [6.07, 6.45) is -4.25. The van der Waals surface area contributed by atoms with Crippen molar-refractivity contribution in [2.24, 2.45) is 0 Å². The van der Waals surface area contributed by atoms with E-state index in [9.17, 15) is 41.9 Å². The lowest BCUT2D eigenvalue weighted by molar-refractivity contribution is -0.137. The molecule has 0 atom stereocenters. The summed E-state index contributed by atoms with van der Waals surface area (Å²) < 4.78 is 63.4. The number of carboxylic acid groups (broad SMARTS) is 1. The molecule has 0 amide bonds. The number of halogens is 4. The molecule has 0 spiro atoms. The SMILES string of the molecule is CNc1cc2oc(=O)c(C(=O)OC)cc2s1.COC(=O)c1cc2sc(N(C)Cc3cc(C)cc(C)c3)cc2oc1=O.Cc1cc(C)cc(CN(C)c2cc3oc(=O)c(C(=O)O)cc3s2)c1.Cc1cc(CBr)cc(C(F)(F)F)c1. The van der Waals surface area contributed by atoms with Gasteiger partial charge >= 0.3 is 41.0 Å². The number of anilines is 3. The summed E-state index contributed by atoms with van der Waals surface area (Å²) in [5.41, 5.74) is 6.66. The average Bonchev–Trinajstić information content (AvgIpc) is 4.13. The molecule has 0 aliphatic heterocycles. The lowest BCUT2D eigenvalue weighted by Gasteiger charge is -2.17. The zero-order valence-electron chi connectivity index (χ0n) is 43.9. The Bertz CT molecular complexity index is 3820. The molecule has 9 rings (SSSR count). The molecule has 0 unspecified atom stereocenters. The van der Waals surface area contributed by atoms with Crippen LogP contribution < -0.4 is 32.0 Å². The van der Waals surface area contributed by atoms with Gasteiger partial charge in [-0.3, -0.25) is 0 Å². The average molecular weight is 1190 g/mol. The van der Waals surface area contributed by atoms with Crippen LogP contribution in [-0.2, 0) is 34.1 Å². The Balaban J connectivity index is 0.000000174. The van der Waals surface area contributed by atoms with Crippen LogP contribution in [0.25, 0.3) is 30.8 Å². The van der Waals surface area contributed by atoms with Crippen molar-refractivity contribution in [1.29, 1.82) is 0 Å². The number of hydrogen-bond acceptors (Lipinski definition) is 17. The zero-order valence-corrected chi connectivity index (χ0v) is 47.9. The number of carbonyl (C=O) groups is 3. The molecule has 410 valence electrons. The predicted molar refractivity (Wildman–Crippen MR) is 305 cm³/mol. The van der Waals surface area contributed by atoms with Crippen molar-refractivity contribution in [1.82, 2.24) is 0 Å². The van der Waals surface area contributed by atoms with Gasteiger partial charge in [-0.15, -0.1) is 34.0 Å². The number of fused-ring (bicyclic) bond motifs is 3. The van der Waals surface area contributed by atoms with Crippen molar-refractivity contribution in [3.05, 3.63) is 189 Å². The lowest BCUT2D eigenvalue weighted by atomic mass is 10.1. The summed E-state index contributed by atoms with van der Waals surface area (Å²) in [6.45, 7) is 11.4. The molecule has 78 heavy (non-hydrogen) atoms. The van der Waals surface area contributed by atoms with Gasteiger partial charge in [-0.25, -0.2) is 28.8 Å². The second-order valence-corrected chi connectivity index (χ2v) is 21.7. The number of aromatic carboxylic acids is 1. The summed E-state index contributed by atoms with van der Waals surface area (Å²) in [5.74, 6) is -2.64. The number of rotatable bonds is 11. The Hall–Kier alpha value is -7.53. The van der Waals surface area contributed by atoms with Gasteiger partial charge in [0.2, 0.25) is 0 Å². The molecular formula is C56H53BrF3N3O12S3. The van der Waals surface area contributed by atoms with Crippen LogP contribution in [0.4, 0.5) is 28.2 Å². The quantitative estimate of drug-likeness (QED) is 0.0915. The molecule has 3 aromatic carbocycles. The maximum Gasteiger partial charge on any atom is 0.416 e. The van der Waals surface area contributed by atoms with Gasteiger partial charge in [0.05, 0.1) is 48.9 Å². The number of benzene rings is 3. The number of nitrogens with one attached hydrogen (secondary N) is 1. The first-order valence-electron chi connectivity index (χ1n) is 23.4. The molecule has 0 fully saturated rings. The molecule has 2 N–H and O–H groups in total. The van der Waals surface area contributed by atoms with E-state index < -0.39 is 46.5 Å². The highest BCUT2D eigenvalue weighted by Crippen LogP contribution is 2.35. The van der Waals surface area contributed by atoms with Gasteiger partial charge in [-0.2, -0.15) is 13.2 Å². The highest BCUT2D eigenvalue weighted by atomic mass is 79.9. The maximum atomic E-state index is 12.3. The van der Waals surface area contributed by atoms with Gasteiger partial charge in [0.1, 0.15) is 16.7 Å². The number of esters is 2. The Labute approximate surface area is 465 Å². The van der Waals surface area contributed by atoms with Crippen LogP contribution in [0.5, 0.6) is 0 Å². The molecule has 6 aromatic heterocycles. The molecule has 22 heteroatoms. The van der Waals surface area contributed by atoms with Crippen molar-refractivity contribution in [3.8, 4) is 0 Å². The number of carboxylic acids is 1. The smallest absolute Gasteiger partial charge is 0.416 e. The van der Waals surface area contributed by atoms with E-state index in [2.05, 4.69) is 105 Å². The van der Waals surface area contributed by atoms with Gasteiger partial charge in [-0.05, 0) is 81.6 Å². The summed E-state index contributed by atoms with van der Waals surface area (Å²) >= 11 is 7.39. The van der Waals surface area contributed by atoms with Gasteiger partial charge in [0.25, 0.3) is 0 Å². The number of nitrogens with zero attached hydrogens (tertiary/aromatic N) is 2. The van der Waals surface area contributed by atoms with Crippen LogP contribution in [0, 0.1) is 34.6 Å². The van der Waals surface area contributed by atoms with Gasteiger partial charge in [0, 0.05) is 57.8 Å². The number of methoxy groups -OCH3 is 2. The van der Waals surface area contributed by atoms with Gasteiger partial charge < -0.3 is 42.9 Å². The minimum atomic E-state index is -4.25. The molecular weight excluding hydrogens is 1140 g/mol. The maximum absolute atomic E-state index is 12.3. The third kappa shape index (κ3) is 15.4. The fourth-order valence-corrected chi connectivity index (χ4v) is 11.2. The van der Waals surface area contributed by atoms with E-state index in [0.29, 0.717) is 44.5 Å². The minimum absolute atomic E-state index is 0.0830. The molecule has 0 radical (unpaired) electrons. The van der Waals surface area contributed by atoms with Crippen LogP contribution in [0.1, 0.15) is 81.1 Å². The highest BCUT2D eigenvalue weighted by molar-refractivity contribution is 9.08. The van der Waals surface area contributed by atoms with E-state index in [1.807, 2.05) is 20.2 Å². The third-order valence-corrected chi connectivity index (χ3v) is 15.4. The van der Waals surface area contributed by atoms with Crippen LogP contribution in [0.3, 0.4) is 0 Å². The van der Waals surface area contributed by atoms with E-state index in [1.54, 1.807) is 32.2 Å². The number of hydrogen-bond donors (Lipinski definition) is 2. The first-order valence-corrected chi connectivity index (χ1v) is 27.0. The van der Waals surface area contributed by atoms with Crippen LogP contribution >= 0.6 is 49.9 Å². The number of carbonyl (C=O) groups excluding carboxylic acids is 2. The molecule has 0 aliphatic rings. The Morgan fingerprint density at radius 2 is 0.936 bits per heavy atom. The summed E-state index contributed by atoms with van der Waals surface area (Å²) in [7, 11) is 8.17. The van der Waals surface area contributed by atoms with Crippen molar-refractivity contribution < 1.29 is 55.4 Å². The zero-order chi connectivity index (χ0) is 57.3. The predicted octanol–water partition coefficient (Wildman–Crippen LogP) is 13.3. The molecule has 0 aliphatic carbocycles. The van der Waals surface area contributed by atoms with Crippen molar-refractivity contribution in [3.63, 3.8) is 0 Å². The van der Waals surface area contributed by atoms with E-state index in [-0.39, 0.29) is 16.7 Å². The molecule has 0 saturated heterocycles. The van der Waals surface area contributed by atoms with E-state index in [1.165, 1.54) is 99.8 Å². The summed E-state index contributed by atoms with van der Waals surface area (Å²) in [6, 6.07) is 26.6. The van der Waals surface area contributed by atoms with E-state index >= 15 is 0 Å². The lowest BCUT2D eigenvalue weighted by Crippen LogP contribution is -2.15. The second kappa shape index (κ2) is 25.7. The number of ether oxygens (including phenoxy) is 2. The van der Waals surface area contributed by atoms with Crippen molar-refractivity contribution >= 4 is 114 Å². The second-order valence-electron chi connectivity index (χ2n) is 17.9. The Kier molecular flexibility index (Phi) is 19.7. The first-order chi connectivity index (χ1) is 36.8. The van der Waals surface area contributed by atoms with Crippen LogP contribution in [-0.4, -0.2) is 58.4 Å². The standard InChI is InChI=1S/C19H19NO4S.C18H17NO4S.C10H9NO4S.C9H8BrF3/c1-11-5-12(2)7-13(6-11)10-20(3)17-9-15-16(25-17)8-14(18(21)23-4)19(22)24-15;1-10-4-11(2)6-12(5-10)9-19(3)16-8-14-15(24-16)7-13(17(20)21)18(22)23-14;1-11-8-4-6-7(16-8)3-5(9(12)14-2)10(13)15-6;1-6-2-7(5-10)4-8(3-6)9(11,12)13/h5-9H,10H2,1-4H3;4-8H,9H2,1-3H3,(H,20,21);3-4,11H,1-2H3;2-4H,5H2,1H3. The highest BCUT2D eigenvalue weighted by Gasteiger charge is 2.30. The molecule has 6 heterocycles. The van der Waals surface area contributed by atoms with Crippen LogP contribution in [0.15, 0.2) is 119 Å². The third-order valence-electron chi connectivity index (χ3n) is 11.3. The van der Waals surface area contributed by atoms with Crippen LogP contribution in [0.2, 0.25) is 0 Å². The molecule has 15 nitrogen and oxygen atoms in total. The molecule has 0 saturated carbocycles. The molecule has 9 aromatic rings. The number of alkyl halides is 4. The monoisotopic (exact) mass is 1190 g/mol. The first kappa shape index (κ1) is 59.7. The van der Waals surface area contributed by atoms with Crippen molar-refractivity contribution in [2.75, 3.05) is 50.5 Å². The van der Waals surface area contributed by atoms with Gasteiger partial charge in [-0.1, -0.05) is 86.2 Å². The fourth-order valence-electron chi connectivity index (χ4n) is 8.00. The summed E-state index contributed by atoms with van der Waals surface area (Å²) in [4.78, 5) is 73.1. The van der Waals surface area contributed by atoms with Gasteiger partial charge in [0.15, 0.2) is 16.7 Å². The summed E-state index contributed by atoms with van der Waals surface area (Å²) in [5, 5.41) is 15.1. The number of aryl methyl sites for hydroxylation is 5. The normalized spacial score (nSPS) is 10.9. The van der Waals surface area contributed by atoms with E-state index in [0.717, 1.165) is 43.1 Å². The number of thiophene rings is 3. The largest absolute Gasteiger partial charge is 0.477 e. The Morgan fingerprint density at radius 3 is 1.32 bits per heavy atom. The topological polar surface area (TPSA) is 199 Å². The Morgan fingerprint density at radius 1 is 0.564 bits per heavy atom. The fraction of sp³-hybridized carbons (Fsp3) is 0.250. The minimum Gasteiger partial charge on any atom is -0.477 e.